The molecule has 0 aliphatic heterocycles. The Morgan fingerprint density at radius 1 is 0.826 bits per heavy atom. The van der Waals surface area contributed by atoms with E-state index in [9.17, 15) is 19.7 Å². The topological polar surface area (TPSA) is 101 Å². The lowest BCUT2D eigenvalue weighted by atomic mass is 10.2. The van der Waals surface area contributed by atoms with Crippen molar-refractivity contribution < 1.29 is 14.5 Å². The Labute approximate surface area is 132 Å². The van der Waals surface area contributed by atoms with Crippen LogP contribution in [-0.2, 0) is 9.59 Å². The van der Waals surface area contributed by atoms with E-state index in [4.69, 9.17) is 0 Å². The summed E-state index contributed by atoms with van der Waals surface area (Å²) in [6, 6.07) is 14.5. The highest BCUT2D eigenvalue weighted by Gasteiger charge is 2.09. The van der Waals surface area contributed by atoms with Gasteiger partial charge in [-0.15, -0.1) is 0 Å². The molecule has 0 atom stereocenters. The van der Waals surface area contributed by atoms with Crippen molar-refractivity contribution in [1.29, 1.82) is 0 Å². The molecule has 0 bridgehead atoms. The minimum Gasteiger partial charge on any atom is -0.326 e. The molecule has 2 rings (SSSR count). The van der Waals surface area contributed by atoms with Crippen LogP contribution in [-0.4, -0.2) is 16.7 Å². The van der Waals surface area contributed by atoms with Gasteiger partial charge in [0.05, 0.1) is 4.92 Å². The third kappa shape index (κ3) is 5.24. The molecule has 0 fully saturated rings. The van der Waals surface area contributed by atoms with Gasteiger partial charge in [0.15, 0.2) is 0 Å². The monoisotopic (exact) mass is 313 g/mol. The van der Waals surface area contributed by atoms with Gasteiger partial charge in [-0.3, -0.25) is 19.7 Å². The number of nitro benzene ring substituents is 1. The van der Waals surface area contributed by atoms with Gasteiger partial charge in [0.1, 0.15) is 0 Å². The average Bonchev–Trinajstić information content (AvgIpc) is 2.54. The van der Waals surface area contributed by atoms with E-state index in [-0.39, 0.29) is 30.3 Å². The highest BCUT2D eigenvalue weighted by molar-refractivity contribution is 5.96. The second kappa shape index (κ2) is 7.69. The van der Waals surface area contributed by atoms with E-state index in [0.29, 0.717) is 11.4 Å². The lowest BCUT2D eigenvalue weighted by Gasteiger charge is -2.06. The molecular weight excluding hydrogens is 298 g/mol. The Morgan fingerprint density at radius 2 is 1.30 bits per heavy atom. The Kier molecular flexibility index (Phi) is 5.40. The Bertz CT molecular complexity index is 699. The first-order valence-electron chi connectivity index (χ1n) is 6.94. The minimum atomic E-state index is -0.514. The van der Waals surface area contributed by atoms with Crippen molar-refractivity contribution in [2.45, 2.75) is 12.8 Å². The van der Waals surface area contributed by atoms with Crippen LogP contribution in [0.3, 0.4) is 0 Å². The number of anilines is 2. The highest BCUT2D eigenvalue weighted by atomic mass is 16.6. The van der Waals surface area contributed by atoms with Crippen molar-refractivity contribution in [2.24, 2.45) is 0 Å². The average molecular weight is 313 g/mol. The van der Waals surface area contributed by atoms with E-state index >= 15 is 0 Å². The maximum atomic E-state index is 11.8. The summed E-state index contributed by atoms with van der Waals surface area (Å²) in [6.07, 6.45) is 0.0728. The number of carbonyl (C=O) groups excluding carboxylic acids is 2. The highest BCUT2D eigenvalue weighted by Crippen LogP contribution is 2.15. The van der Waals surface area contributed by atoms with Gasteiger partial charge < -0.3 is 10.6 Å². The molecule has 0 heterocycles. The number of nitro groups is 1. The fourth-order valence-electron chi connectivity index (χ4n) is 1.86. The normalized spacial score (nSPS) is 9.91. The number of non-ortho nitro benzene ring substituents is 1. The van der Waals surface area contributed by atoms with Gasteiger partial charge >= 0.3 is 0 Å². The van der Waals surface area contributed by atoms with Gasteiger partial charge in [-0.05, 0) is 24.3 Å². The first-order valence-corrected chi connectivity index (χ1v) is 6.94. The SMILES string of the molecule is O=C(CCC(=O)Nc1ccc([N+](=O)[O-])cc1)Nc1ccccc1. The number of nitrogens with zero attached hydrogens (tertiary/aromatic N) is 1. The predicted molar refractivity (Wildman–Crippen MR) is 86.0 cm³/mol. The maximum absolute atomic E-state index is 11.8. The van der Waals surface area contributed by atoms with Crippen LogP contribution in [0, 0.1) is 10.1 Å². The number of benzene rings is 2. The zero-order valence-corrected chi connectivity index (χ0v) is 12.2. The van der Waals surface area contributed by atoms with Gasteiger partial charge in [0.25, 0.3) is 5.69 Å². The van der Waals surface area contributed by atoms with Crippen molar-refractivity contribution in [3.63, 3.8) is 0 Å². The van der Waals surface area contributed by atoms with Crippen molar-refractivity contribution >= 4 is 28.9 Å². The van der Waals surface area contributed by atoms with Crippen LogP contribution < -0.4 is 10.6 Å². The Hall–Kier alpha value is -3.22. The number of hydrogen-bond acceptors (Lipinski definition) is 4. The van der Waals surface area contributed by atoms with Crippen molar-refractivity contribution in [3.8, 4) is 0 Å². The molecular formula is C16H15N3O4. The molecule has 2 amide bonds. The van der Waals surface area contributed by atoms with Crippen molar-refractivity contribution in [3.05, 3.63) is 64.7 Å². The predicted octanol–water partition coefficient (Wildman–Crippen LogP) is 2.95. The summed E-state index contributed by atoms with van der Waals surface area (Å²) in [4.78, 5) is 33.5. The molecule has 23 heavy (non-hydrogen) atoms. The molecule has 7 nitrogen and oxygen atoms in total. The molecule has 0 aromatic heterocycles. The van der Waals surface area contributed by atoms with Gasteiger partial charge in [0.2, 0.25) is 11.8 Å². The van der Waals surface area contributed by atoms with Crippen LogP contribution in [0.4, 0.5) is 17.1 Å². The van der Waals surface area contributed by atoms with E-state index in [0.717, 1.165) is 0 Å². The number of amides is 2. The Balaban J connectivity index is 1.78. The van der Waals surface area contributed by atoms with Gasteiger partial charge in [0, 0.05) is 36.3 Å². The molecule has 2 N–H and O–H groups in total. The molecule has 0 aliphatic rings. The standard InChI is InChI=1S/C16H15N3O4/c20-15(17-12-4-2-1-3-5-12)10-11-16(21)18-13-6-8-14(9-7-13)19(22)23/h1-9H,10-11H2,(H,17,20)(H,18,21). The van der Waals surface area contributed by atoms with Crippen LogP contribution in [0.5, 0.6) is 0 Å². The molecule has 0 saturated heterocycles. The first kappa shape index (κ1) is 16.2. The summed E-state index contributed by atoms with van der Waals surface area (Å²) >= 11 is 0. The van der Waals surface area contributed by atoms with Crippen molar-refractivity contribution in [1.82, 2.24) is 0 Å². The summed E-state index contributed by atoms with van der Waals surface area (Å²) in [5, 5.41) is 15.8. The van der Waals surface area contributed by atoms with E-state index in [1.54, 1.807) is 24.3 Å². The van der Waals surface area contributed by atoms with Crippen LogP contribution in [0.1, 0.15) is 12.8 Å². The third-order valence-corrected chi connectivity index (χ3v) is 3.00. The van der Waals surface area contributed by atoms with Crippen LogP contribution in [0.25, 0.3) is 0 Å². The summed E-state index contributed by atoms with van der Waals surface area (Å²) in [7, 11) is 0. The molecule has 0 radical (unpaired) electrons. The van der Waals surface area contributed by atoms with Crippen LogP contribution in [0.2, 0.25) is 0 Å². The molecule has 118 valence electrons. The Morgan fingerprint density at radius 3 is 1.78 bits per heavy atom. The van der Waals surface area contributed by atoms with E-state index in [2.05, 4.69) is 10.6 Å². The molecule has 0 aliphatic carbocycles. The molecule has 0 saturated carbocycles. The van der Waals surface area contributed by atoms with E-state index in [1.807, 2.05) is 6.07 Å². The third-order valence-electron chi connectivity index (χ3n) is 3.00. The summed E-state index contributed by atoms with van der Waals surface area (Å²) in [5.41, 5.74) is 1.07. The number of para-hydroxylation sites is 1. The fourth-order valence-corrected chi connectivity index (χ4v) is 1.86. The van der Waals surface area contributed by atoms with Gasteiger partial charge in [-0.25, -0.2) is 0 Å². The van der Waals surface area contributed by atoms with E-state index < -0.39 is 4.92 Å². The molecule has 7 heteroatoms. The summed E-state index contributed by atoms with van der Waals surface area (Å²) < 4.78 is 0. The van der Waals surface area contributed by atoms with E-state index in [1.165, 1.54) is 24.3 Å². The maximum Gasteiger partial charge on any atom is 0.269 e. The van der Waals surface area contributed by atoms with Crippen LogP contribution >= 0.6 is 0 Å². The molecule has 2 aromatic rings. The first-order chi connectivity index (χ1) is 11.0. The number of hydrogen-bond donors (Lipinski definition) is 2. The summed E-state index contributed by atoms with van der Waals surface area (Å²) in [6.45, 7) is 0. The quantitative estimate of drug-likeness (QED) is 0.632. The number of rotatable bonds is 6. The zero-order chi connectivity index (χ0) is 16.7. The van der Waals surface area contributed by atoms with Gasteiger partial charge in [-0.1, -0.05) is 18.2 Å². The van der Waals surface area contributed by atoms with Crippen LogP contribution in [0.15, 0.2) is 54.6 Å². The molecule has 2 aromatic carbocycles. The zero-order valence-electron chi connectivity index (χ0n) is 12.2. The largest absolute Gasteiger partial charge is 0.326 e. The lowest BCUT2D eigenvalue weighted by Crippen LogP contribution is -2.17. The number of nitrogens with one attached hydrogen (secondary N) is 2. The second-order valence-corrected chi connectivity index (χ2v) is 4.77. The second-order valence-electron chi connectivity index (χ2n) is 4.77. The molecule has 0 spiro atoms. The van der Waals surface area contributed by atoms with Gasteiger partial charge in [-0.2, -0.15) is 0 Å². The smallest absolute Gasteiger partial charge is 0.269 e. The summed E-state index contributed by atoms with van der Waals surface area (Å²) in [5.74, 6) is -0.586. The fraction of sp³-hybridized carbons (Fsp3) is 0.125. The molecule has 0 unspecified atom stereocenters. The lowest BCUT2D eigenvalue weighted by molar-refractivity contribution is -0.384. The van der Waals surface area contributed by atoms with Crippen molar-refractivity contribution in [2.75, 3.05) is 10.6 Å². The minimum absolute atomic E-state index is 0.0235. The number of carbonyl (C=O) groups is 2.